The number of piperidine rings is 1. The molecule has 1 atom stereocenters. The van der Waals surface area contributed by atoms with Crippen molar-refractivity contribution in [3.63, 3.8) is 0 Å². The first kappa shape index (κ1) is 35.0. The van der Waals surface area contributed by atoms with E-state index in [1.165, 1.54) is 30.0 Å². The van der Waals surface area contributed by atoms with Crippen LogP contribution in [0.25, 0.3) is 10.9 Å². The molecule has 9 nitrogen and oxygen atoms in total. The van der Waals surface area contributed by atoms with E-state index < -0.39 is 38.8 Å². The molecule has 0 bridgehead atoms. The molecule has 0 N–H and O–H groups in total. The lowest BCUT2D eigenvalue weighted by atomic mass is 10.00. The first-order valence-electron chi connectivity index (χ1n) is 14.3. The highest BCUT2D eigenvalue weighted by atomic mass is 35.5. The van der Waals surface area contributed by atoms with Crippen LogP contribution in [0.2, 0.25) is 10.0 Å². The highest BCUT2D eigenvalue weighted by Crippen LogP contribution is 2.39. The van der Waals surface area contributed by atoms with Gasteiger partial charge in [0.05, 0.1) is 45.0 Å². The number of nitrogens with zero attached hydrogens (tertiary/aromatic N) is 4. The summed E-state index contributed by atoms with van der Waals surface area (Å²) in [4.78, 5) is 33.6. The highest BCUT2D eigenvalue weighted by molar-refractivity contribution is 7.91. The maximum atomic E-state index is 14.5. The van der Waals surface area contributed by atoms with Crippen LogP contribution in [0.4, 0.5) is 18.0 Å². The van der Waals surface area contributed by atoms with E-state index in [1.54, 1.807) is 32.7 Å². The van der Waals surface area contributed by atoms with Crippen molar-refractivity contribution in [2.45, 2.75) is 76.3 Å². The Bertz CT molecular complexity index is 1770. The molecule has 1 aromatic heterocycles. The Balaban J connectivity index is 1.71. The monoisotopic (exact) mass is 690 g/mol. The molecule has 0 spiro atoms. The van der Waals surface area contributed by atoms with Crippen molar-refractivity contribution in [3.8, 4) is 0 Å². The zero-order valence-electron chi connectivity index (χ0n) is 25.5. The van der Waals surface area contributed by atoms with Gasteiger partial charge in [-0.3, -0.25) is 14.3 Å². The van der Waals surface area contributed by atoms with Crippen molar-refractivity contribution < 1.29 is 31.1 Å². The summed E-state index contributed by atoms with van der Waals surface area (Å²) in [6.07, 6.45) is -2.96. The van der Waals surface area contributed by atoms with E-state index in [4.69, 9.17) is 27.9 Å². The van der Waals surface area contributed by atoms with Crippen molar-refractivity contribution in [2.75, 3.05) is 25.9 Å². The second-order valence-corrected chi connectivity index (χ2v) is 15.1. The maximum Gasteiger partial charge on any atom is 0.416 e. The van der Waals surface area contributed by atoms with Gasteiger partial charge in [0.25, 0.3) is 5.56 Å². The largest absolute Gasteiger partial charge is 0.444 e. The molecule has 3 aromatic rings. The molecule has 0 saturated carbocycles. The van der Waals surface area contributed by atoms with E-state index in [1.807, 2.05) is 0 Å². The first-order chi connectivity index (χ1) is 20.8. The summed E-state index contributed by atoms with van der Waals surface area (Å²) in [6.45, 7) is 7.01. The third-order valence-corrected chi connectivity index (χ3v) is 10.1. The lowest BCUT2D eigenvalue weighted by Crippen LogP contribution is -2.49. The Morgan fingerprint density at radius 2 is 1.84 bits per heavy atom. The molecule has 45 heavy (non-hydrogen) atoms. The van der Waals surface area contributed by atoms with Crippen LogP contribution in [-0.4, -0.2) is 71.4 Å². The quantitative estimate of drug-likeness (QED) is 0.283. The molecule has 0 aliphatic carbocycles. The lowest BCUT2D eigenvalue weighted by molar-refractivity contribution is -0.138. The number of ether oxygens (including phenoxy) is 1. The average Bonchev–Trinajstić information content (AvgIpc) is 2.94. The first-order valence-corrected chi connectivity index (χ1v) is 16.7. The van der Waals surface area contributed by atoms with Crippen molar-refractivity contribution >= 4 is 50.0 Å². The van der Waals surface area contributed by atoms with Crippen LogP contribution in [0.1, 0.15) is 57.2 Å². The van der Waals surface area contributed by atoms with Gasteiger partial charge in [-0.25, -0.2) is 18.2 Å². The summed E-state index contributed by atoms with van der Waals surface area (Å²) in [6, 6.07) is 4.59. The predicted molar refractivity (Wildman–Crippen MR) is 167 cm³/mol. The summed E-state index contributed by atoms with van der Waals surface area (Å²) in [5.74, 6) is -0.200. The van der Waals surface area contributed by atoms with E-state index in [-0.39, 0.29) is 61.9 Å². The number of rotatable bonds is 7. The van der Waals surface area contributed by atoms with Gasteiger partial charge in [-0.05, 0) is 75.5 Å². The number of carbonyl (C=O) groups excluding carboxylic acids is 1. The van der Waals surface area contributed by atoms with E-state index in [0.29, 0.717) is 25.9 Å². The van der Waals surface area contributed by atoms with E-state index in [2.05, 4.69) is 4.98 Å². The van der Waals surface area contributed by atoms with Crippen LogP contribution in [-0.2, 0) is 33.8 Å². The number of amides is 1. The molecule has 246 valence electrons. The van der Waals surface area contributed by atoms with Gasteiger partial charge in [0.15, 0.2) is 9.84 Å². The summed E-state index contributed by atoms with van der Waals surface area (Å²) >= 11 is 12.7. The number of halogens is 5. The molecule has 2 heterocycles. The smallest absolute Gasteiger partial charge is 0.416 e. The normalized spacial score (nSPS) is 16.6. The van der Waals surface area contributed by atoms with E-state index in [0.717, 1.165) is 17.0 Å². The average molecular weight is 692 g/mol. The highest BCUT2D eigenvalue weighted by Gasteiger charge is 2.37. The maximum absolute atomic E-state index is 14.5. The Hall–Kier alpha value is -2.87. The lowest BCUT2D eigenvalue weighted by Gasteiger charge is -2.38. The van der Waals surface area contributed by atoms with Crippen molar-refractivity contribution in [3.05, 3.63) is 67.7 Å². The van der Waals surface area contributed by atoms with Gasteiger partial charge >= 0.3 is 12.3 Å². The standard InChI is InChI=1S/C30H35Cl2F3N4O5S/c1-6-45(42,43)24-10-9-19(31)12-18(24)14-39-17-36-26-21(27(39)40)13-23(30(33,34)35)22(25(26)32)16-38-11-7-8-20(15-38)37(5)28(41)44-29(2,3)4/h9-10,12-13,17,20H,6-8,11,14-16H2,1-5H3/t20-/m1/s1. The molecule has 15 heteroatoms. The SMILES string of the molecule is CCS(=O)(=O)c1ccc(Cl)cc1Cn1cnc2c(Cl)c(CN3CCC[C@@H](N(C)C(=O)OC(C)(C)C)C3)c(C(F)(F)F)cc2c1=O. The summed E-state index contributed by atoms with van der Waals surface area (Å²) in [5.41, 5.74) is -2.73. The van der Waals surface area contributed by atoms with Gasteiger partial charge in [0.1, 0.15) is 5.60 Å². The van der Waals surface area contributed by atoms with Gasteiger partial charge in [0, 0.05) is 31.2 Å². The molecule has 1 aliphatic rings. The number of benzene rings is 2. The Morgan fingerprint density at radius 1 is 1.16 bits per heavy atom. The minimum Gasteiger partial charge on any atom is -0.444 e. The number of hydrogen-bond acceptors (Lipinski definition) is 7. The van der Waals surface area contributed by atoms with Crippen LogP contribution in [0, 0.1) is 0 Å². The van der Waals surface area contributed by atoms with Gasteiger partial charge < -0.3 is 9.64 Å². The Kier molecular flexibility index (Phi) is 10.2. The molecular weight excluding hydrogens is 656 g/mol. The number of likely N-dealkylation sites (tertiary alicyclic amines) is 1. The molecule has 0 radical (unpaired) electrons. The fourth-order valence-electron chi connectivity index (χ4n) is 5.33. The van der Waals surface area contributed by atoms with Gasteiger partial charge in [0.2, 0.25) is 0 Å². The molecular formula is C30H35Cl2F3N4O5S. The van der Waals surface area contributed by atoms with Crippen LogP contribution in [0.15, 0.2) is 40.3 Å². The number of sulfone groups is 1. The topological polar surface area (TPSA) is 102 Å². The zero-order chi connectivity index (χ0) is 33.5. The zero-order valence-corrected chi connectivity index (χ0v) is 27.9. The van der Waals surface area contributed by atoms with Gasteiger partial charge in [-0.1, -0.05) is 30.1 Å². The minimum atomic E-state index is -4.85. The number of likely N-dealkylation sites (N-methyl/N-ethyl adjacent to an activating group) is 1. The van der Waals surface area contributed by atoms with Crippen LogP contribution in [0.5, 0.6) is 0 Å². The number of carbonyl (C=O) groups is 1. The Labute approximate surface area is 269 Å². The molecule has 1 saturated heterocycles. The molecule has 1 amide bonds. The van der Waals surface area contributed by atoms with E-state index in [9.17, 15) is 31.2 Å². The third-order valence-electron chi connectivity index (χ3n) is 7.63. The third kappa shape index (κ3) is 7.93. The number of aromatic nitrogens is 2. The summed E-state index contributed by atoms with van der Waals surface area (Å²) in [7, 11) is -2.09. The van der Waals surface area contributed by atoms with Gasteiger partial charge in [-0.2, -0.15) is 13.2 Å². The fourth-order valence-corrected chi connectivity index (χ4v) is 6.95. The minimum absolute atomic E-state index is 0.0390. The van der Waals surface area contributed by atoms with Crippen molar-refractivity contribution in [2.24, 2.45) is 0 Å². The predicted octanol–water partition coefficient (Wildman–Crippen LogP) is 6.40. The van der Waals surface area contributed by atoms with Crippen LogP contribution in [0.3, 0.4) is 0 Å². The van der Waals surface area contributed by atoms with Crippen LogP contribution < -0.4 is 5.56 Å². The molecule has 1 fully saturated rings. The molecule has 1 aliphatic heterocycles. The molecule has 2 aromatic carbocycles. The molecule has 0 unspecified atom stereocenters. The number of hydrogen-bond donors (Lipinski definition) is 0. The second kappa shape index (κ2) is 13.1. The van der Waals surface area contributed by atoms with Crippen molar-refractivity contribution in [1.82, 2.24) is 19.4 Å². The van der Waals surface area contributed by atoms with E-state index >= 15 is 0 Å². The summed E-state index contributed by atoms with van der Waals surface area (Å²) in [5, 5.41) is -0.434. The second-order valence-electron chi connectivity index (χ2n) is 12.1. The van der Waals surface area contributed by atoms with Crippen molar-refractivity contribution in [1.29, 1.82) is 0 Å². The van der Waals surface area contributed by atoms with Gasteiger partial charge in [-0.15, -0.1) is 0 Å². The number of fused-ring (bicyclic) bond motifs is 1. The fraction of sp³-hybridized carbons (Fsp3) is 0.500. The molecule has 4 rings (SSSR count). The van der Waals surface area contributed by atoms with Crippen LogP contribution >= 0.6 is 23.2 Å². The number of alkyl halides is 3. The Morgan fingerprint density at radius 3 is 2.47 bits per heavy atom. The summed E-state index contributed by atoms with van der Waals surface area (Å²) < 4.78 is 75.2.